The van der Waals surface area contributed by atoms with Gasteiger partial charge in [-0.3, -0.25) is 4.79 Å². The number of benzene rings is 1. The molecule has 0 aliphatic heterocycles. The number of carboxylic acid groups (broad SMARTS) is 1. The summed E-state index contributed by atoms with van der Waals surface area (Å²) in [7, 11) is 0. The summed E-state index contributed by atoms with van der Waals surface area (Å²) in [6.45, 7) is 5.57. The molecule has 0 fully saturated rings. The zero-order valence-corrected chi connectivity index (χ0v) is 14.1. The van der Waals surface area contributed by atoms with Gasteiger partial charge in [0.15, 0.2) is 0 Å². The maximum atomic E-state index is 12.2. The Kier molecular flexibility index (Phi) is 5.73. The molecule has 1 amide bonds. The van der Waals surface area contributed by atoms with Crippen LogP contribution in [0.2, 0.25) is 0 Å². The smallest absolute Gasteiger partial charge is 0.326 e. The number of carboxylic acids is 1. The Morgan fingerprint density at radius 1 is 1.25 bits per heavy atom. The Morgan fingerprint density at radius 2 is 1.92 bits per heavy atom. The Balaban J connectivity index is 2.06. The van der Waals surface area contributed by atoms with Crippen LogP contribution in [0.3, 0.4) is 0 Å². The third kappa shape index (κ3) is 4.68. The molecule has 6 nitrogen and oxygen atoms in total. The third-order valence-corrected chi connectivity index (χ3v) is 3.58. The minimum absolute atomic E-state index is 0.00988. The van der Waals surface area contributed by atoms with Crippen LogP contribution >= 0.6 is 0 Å². The van der Waals surface area contributed by atoms with Crippen LogP contribution in [0.4, 0.5) is 0 Å². The number of oxazole rings is 1. The maximum Gasteiger partial charge on any atom is 0.326 e. The fourth-order valence-corrected chi connectivity index (χ4v) is 2.39. The van der Waals surface area contributed by atoms with Crippen LogP contribution in [0.1, 0.15) is 31.7 Å². The van der Waals surface area contributed by atoms with Gasteiger partial charge in [0.2, 0.25) is 11.8 Å². The number of rotatable bonds is 7. The Bertz CT molecular complexity index is 707. The van der Waals surface area contributed by atoms with E-state index in [0.29, 0.717) is 23.8 Å². The molecule has 2 aromatic rings. The molecule has 1 heterocycles. The van der Waals surface area contributed by atoms with Crippen LogP contribution in [0.5, 0.6) is 0 Å². The second-order valence-corrected chi connectivity index (χ2v) is 6.15. The first-order valence-electron chi connectivity index (χ1n) is 7.90. The summed E-state index contributed by atoms with van der Waals surface area (Å²) < 4.78 is 5.61. The Morgan fingerprint density at radius 3 is 2.50 bits per heavy atom. The number of amides is 1. The van der Waals surface area contributed by atoms with Crippen molar-refractivity contribution in [3.05, 3.63) is 41.8 Å². The number of aryl methyl sites for hydroxylation is 1. The second kappa shape index (κ2) is 7.77. The van der Waals surface area contributed by atoms with Crippen LogP contribution in [-0.2, 0) is 16.0 Å². The fourth-order valence-electron chi connectivity index (χ4n) is 2.39. The van der Waals surface area contributed by atoms with Gasteiger partial charge in [0.1, 0.15) is 11.8 Å². The molecule has 24 heavy (non-hydrogen) atoms. The summed E-state index contributed by atoms with van der Waals surface area (Å²) in [4.78, 5) is 27.7. The van der Waals surface area contributed by atoms with Gasteiger partial charge in [-0.05, 0) is 31.4 Å². The lowest BCUT2D eigenvalue weighted by Crippen LogP contribution is -2.42. The summed E-state index contributed by atoms with van der Waals surface area (Å²) in [5.74, 6) is -0.226. The quantitative estimate of drug-likeness (QED) is 0.814. The topological polar surface area (TPSA) is 92.4 Å². The molecule has 6 heteroatoms. The van der Waals surface area contributed by atoms with Gasteiger partial charge >= 0.3 is 5.97 Å². The van der Waals surface area contributed by atoms with Crippen molar-refractivity contribution >= 4 is 11.9 Å². The molecule has 0 radical (unpaired) electrons. The molecule has 1 aromatic heterocycles. The van der Waals surface area contributed by atoms with Crippen LogP contribution in [0, 0.1) is 12.8 Å². The summed E-state index contributed by atoms with van der Waals surface area (Å²) >= 11 is 0. The van der Waals surface area contributed by atoms with Gasteiger partial charge < -0.3 is 14.8 Å². The predicted molar refractivity (Wildman–Crippen MR) is 89.4 cm³/mol. The van der Waals surface area contributed by atoms with Gasteiger partial charge in [-0.2, -0.15) is 0 Å². The molecule has 0 aliphatic carbocycles. The molecule has 0 spiro atoms. The average Bonchev–Trinajstić information content (AvgIpc) is 2.88. The monoisotopic (exact) mass is 330 g/mol. The number of hydrogen-bond donors (Lipinski definition) is 2. The van der Waals surface area contributed by atoms with Crippen LogP contribution in [-0.4, -0.2) is 28.0 Å². The summed E-state index contributed by atoms with van der Waals surface area (Å²) in [5, 5.41) is 11.7. The highest BCUT2D eigenvalue weighted by Gasteiger charge is 2.22. The van der Waals surface area contributed by atoms with E-state index in [1.165, 1.54) is 0 Å². The van der Waals surface area contributed by atoms with E-state index >= 15 is 0 Å². The molecule has 1 aromatic carbocycles. The lowest BCUT2D eigenvalue weighted by molar-refractivity contribution is -0.142. The molecule has 0 saturated heterocycles. The lowest BCUT2D eigenvalue weighted by atomic mass is 10.0. The molecule has 2 N–H and O–H groups in total. The minimum Gasteiger partial charge on any atom is -0.480 e. The molecule has 1 unspecified atom stereocenters. The molecule has 128 valence electrons. The SMILES string of the molecule is Cc1oc(-c2ccccc2)nc1CC(=O)NC(CC(C)C)C(=O)O. The van der Waals surface area contributed by atoms with E-state index in [4.69, 9.17) is 4.42 Å². The number of carbonyl (C=O) groups is 2. The van der Waals surface area contributed by atoms with Crippen molar-refractivity contribution in [1.29, 1.82) is 0 Å². The van der Waals surface area contributed by atoms with Gasteiger partial charge in [-0.25, -0.2) is 9.78 Å². The van der Waals surface area contributed by atoms with E-state index < -0.39 is 12.0 Å². The van der Waals surface area contributed by atoms with E-state index in [1.54, 1.807) is 6.92 Å². The van der Waals surface area contributed by atoms with E-state index in [-0.39, 0.29) is 18.2 Å². The highest BCUT2D eigenvalue weighted by atomic mass is 16.4. The highest BCUT2D eigenvalue weighted by molar-refractivity contribution is 5.84. The number of nitrogens with zero attached hydrogens (tertiary/aromatic N) is 1. The molecule has 1 atom stereocenters. The van der Waals surface area contributed by atoms with E-state index in [9.17, 15) is 14.7 Å². The summed E-state index contributed by atoms with van der Waals surface area (Å²) in [6.07, 6.45) is 0.373. The Labute approximate surface area is 140 Å². The number of nitrogens with one attached hydrogen (secondary N) is 1. The predicted octanol–water partition coefficient (Wildman–Crippen LogP) is 2.81. The van der Waals surface area contributed by atoms with Crippen LogP contribution < -0.4 is 5.32 Å². The van der Waals surface area contributed by atoms with Crippen molar-refractivity contribution < 1.29 is 19.1 Å². The first kappa shape index (κ1) is 17.7. The van der Waals surface area contributed by atoms with Gasteiger partial charge in [-0.1, -0.05) is 32.0 Å². The lowest BCUT2D eigenvalue weighted by Gasteiger charge is -2.16. The molecule has 0 aliphatic rings. The van der Waals surface area contributed by atoms with E-state index in [1.807, 2.05) is 44.2 Å². The van der Waals surface area contributed by atoms with Crippen LogP contribution in [0.25, 0.3) is 11.5 Å². The number of aromatic nitrogens is 1. The Hall–Kier alpha value is -2.63. The van der Waals surface area contributed by atoms with Crippen molar-refractivity contribution in [1.82, 2.24) is 10.3 Å². The van der Waals surface area contributed by atoms with Crippen molar-refractivity contribution in [2.24, 2.45) is 5.92 Å². The average molecular weight is 330 g/mol. The minimum atomic E-state index is -1.03. The van der Waals surface area contributed by atoms with Gasteiger partial charge in [0, 0.05) is 5.56 Å². The normalized spacial score (nSPS) is 12.2. The largest absolute Gasteiger partial charge is 0.480 e. The van der Waals surface area contributed by atoms with Crippen LogP contribution in [0.15, 0.2) is 34.7 Å². The molecule has 0 saturated carbocycles. The highest BCUT2D eigenvalue weighted by Crippen LogP contribution is 2.21. The van der Waals surface area contributed by atoms with E-state index in [2.05, 4.69) is 10.3 Å². The second-order valence-electron chi connectivity index (χ2n) is 6.15. The zero-order chi connectivity index (χ0) is 17.7. The maximum absolute atomic E-state index is 12.2. The van der Waals surface area contributed by atoms with Gasteiger partial charge in [-0.15, -0.1) is 0 Å². The molecule has 2 rings (SSSR count). The summed E-state index contributed by atoms with van der Waals surface area (Å²) in [5.41, 5.74) is 1.34. The fraction of sp³-hybridized carbons (Fsp3) is 0.389. The number of carbonyl (C=O) groups excluding carboxylic acids is 1. The molecular formula is C18H22N2O4. The van der Waals surface area contributed by atoms with Crippen molar-refractivity contribution in [3.8, 4) is 11.5 Å². The van der Waals surface area contributed by atoms with Crippen molar-refractivity contribution in [2.75, 3.05) is 0 Å². The van der Waals surface area contributed by atoms with Crippen molar-refractivity contribution in [3.63, 3.8) is 0 Å². The molecule has 0 bridgehead atoms. The van der Waals surface area contributed by atoms with Gasteiger partial charge in [0.05, 0.1) is 12.1 Å². The zero-order valence-electron chi connectivity index (χ0n) is 14.1. The van der Waals surface area contributed by atoms with Crippen molar-refractivity contribution in [2.45, 2.75) is 39.7 Å². The third-order valence-electron chi connectivity index (χ3n) is 3.58. The van der Waals surface area contributed by atoms with E-state index in [0.717, 1.165) is 5.56 Å². The molecular weight excluding hydrogens is 308 g/mol. The first-order valence-corrected chi connectivity index (χ1v) is 7.90. The first-order chi connectivity index (χ1) is 11.4. The van der Waals surface area contributed by atoms with Gasteiger partial charge in [0.25, 0.3) is 0 Å². The number of aliphatic carboxylic acids is 1. The summed E-state index contributed by atoms with van der Waals surface area (Å²) in [6, 6.07) is 8.51. The standard InChI is InChI=1S/C18H22N2O4/c1-11(2)9-15(18(22)23)19-16(21)10-14-12(3)24-17(20-14)13-7-5-4-6-8-13/h4-8,11,15H,9-10H2,1-3H3,(H,19,21)(H,22,23). The number of hydrogen-bond acceptors (Lipinski definition) is 4.